The fraction of sp³-hybridized carbons (Fsp3) is 0.100. The van der Waals surface area contributed by atoms with Crippen LogP contribution in [-0.4, -0.2) is 36.8 Å². The highest BCUT2D eigenvalue weighted by Crippen LogP contribution is 2.58. The number of carbonyl (C=O) groups is 4. The van der Waals surface area contributed by atoms with Crippen molar-refractivity contribution in [2.24, 2.45) is 0 Å². The number of rotatable bonds is 10. The topological polar surface area (TPSA) is 93.2 Å². The number of anilines is 2. The molecule has 4 aromatic carbocycles. The van der Waals surface area contributed by atoms with E-state index in [1.54, 1.807) is 24.3 Å². The normalized spacial score (nSPS) is 15.6. The molecule has 8 nitrogen and oxygen atoms in total. The van der Waals surface area contributed by atoms with E-state index in [0.29, 0.717) is 11.5 Å². The molecule has 4 amide bonds. The maximum atomic E-state index is 13.1. The van der Waals surface area contributed by atoms with E-state index >= 15 is 0 Å². The fourth-order valence-corrected chi connectivity index (χ4v) is 6.97. The summed E-state index contributed by atoms with van der Waals surface area (Å²) >= 11 is 0. The number of hydrogen-bond acceptors (Lipinski definition) is 6. The SMILES string of the molecule is C=CCOc1ccc(C2(c3ccc(OCC=C)c(N4C(=O)C=CC4=O)c3)c3ccccc3-c3c(C)cccc32)cc1N1C(=O)C=CC1=O. The molecule has 236 valence electrons. The number of imide groups is 2. The summed E-state index contributed by atoms with van der Waals surface area (Å²) in [6.45, 7) is 9.86. The van der Waals surface area contributed by atoms with Crippen molar-refractivity contribution in [1.29, 1.82) is 0 Å². The molecule has 0 fully saturated rings. The summed E-state index contributed by atoms with van der Waals surface area (Å²) in [6.07, 6.45) is 8.11. The molecule has 0 atom stereocenters. The molecule has 8 heteroatoms. The van der Waals surface area contributed by atoms with E-state index in [1.165, 1.54) is 24.3 Å². The zero-order valence-corrected chi connectivity index (χ0v) is 26.1. The Labute approximate surface area is 277 Å². The number of aryl methyl sites for hydroxylation is 1. The van der Waals surface area contributed by atoms with Gasteiger partial charge in [0.25, 0.3) is 23.6 Å². The van der Waals surface area contributed by atoms with Crippen LogP contribution in [0.15, 0.2) is 128 Å². The van der Waals surface area contributed by atoms with Gasteiger partial charge in [0.05, 0.1) is 16.8 Å². The average Bonchev–Trinajstić information content (AvgIpc) is 3.72. The quantitative estimate of drug-likeness (QED) is 0.131. The largest absolute Gasteiger partial charge is 0.487 e. The van der Waals surface area contributed by atoms with Crippen molar-refractivity contribution in [3.63, 3.8) is 0 Å². The molecular weight excluding hydrogens is 604 g/mol. The molecule has 0 spiro atoms. The van der Waals surface area contributed by atoms with Gasteiger partial charge in [-0.05, 0) is 70.1 Å². The molecule has 48 heavy (non-hydrogen) atoms. The molecule has 2 heterocycles. The molecule has 3 aliphatic rings. The van der Waals surface area contributed by atoms with Crippen molar-refractivity contribution in [1.82, 2.24) is 0 Å². The Morgan fingerprint density at radius 2 is 1.10 bits per heavy atom. The van der Waals surface area contributed by atoms with Crippen molar-refractivity contribution in [2.75, 3.05) is 23.0 Å². The van der Waals surface area contributed by atoms with Crippen LogP contribution in [0, 0.1) is 6.92 Å². The van der Waals surface area contributed by atoms with Crippen molar-refractivity contribution < 1.29 is 28.7 Å². The van der Waals surface area contributed by atoms with Crippen molar-refractivity contribution in [3.8, 4) is 22.6 Å². The van der Waals surface area contributed by atoms with E-state index in [-0.39, 0.29) is 24.6 Å². The maximum absolute atomic E-state index is 13.1. The van der Waals surface area contributed by atoms with E-state index in [4.69, 9.17) is 9.47 Å². The van der Waals surface area contributed by atoms with Gasteiger partial charge < -0.3 is 9.47 Å². The standard InChI is InChI=1S/C40H30N2O6/c1-4-21-47-33-15-13-26(23-31(33)41-35(43)17-18-36(41)44)40(29-11-7-6-10-28(29)39-25(3)9-8-12-30(39)40)27-14-16-34(48-22-5-2)32(24-27)42-37(45)19-20-38(42)46/h4-20,23-24H,1-2,21-22H2,3H3. The zero-order valence-electron chi connectivity index (χ0n) is 26.1. The van der Waals surface area contributed by atoms with Gasteiger partial charge in [-0.25, -0.2) is 9.80 Å². The molecule has 0 bridgehead atoms. The molecule has 2 aliphatic heterocycles. The first-order valence-electron chi connectivity index (χ1n) is 15.4. The molecule has 1 aliphatic carbocycles. The van der Waals surface area contributed by atoms with Crippen LogP contribution in [0.2, 0.25) is 0 Å². The Morgan fingerprint density at radius 3 is 1.60 bits per heavy atom. The molecule has 0 unspecified atom stereocenters. The Bertz CT molecular complexity index is 2000. The van der Waals surface area contributed by atoms with Crippen molar-refractivity contribution >= 4 is 35.0 Å². The van der Waals surface area contributed by atoms with Gasteiger partial charge in [0.15, 0.2) is 0 Å². The minimum Gasteiger partial charge on any atom is -0.487 e. The number of nitrogens with zero attached hydrogens (tertiary/aromatic N) is 2. The zero-order chi connectivity index (χ0) is 33.6. The summed E-state index contributed by atoms with van der Waals surface area (Å²) in [5.41, 5.74) is 6.01. The lowest BCUT2D eigenvalue weighted by molar-refractivity contribution is -0.121. The second kappa shape index (κ2) is 11.8. The summed E-state index contributed by atoms with van der Waals surface area (Å²) in [5, 5.41) is 0. The summed E-state index contributed by atoms with van der Waals surface area (Å²) in [6, 6.07) is 25.2. The molecule has 4 aromatic rings. The highest BCUT2D eigenvalue weighted by atomic mass is 16.5. The summed E-state index contributed by atoms with van der Waals surface area (Å²) in [7, 11) is 0. The minimum atomic E-state index is -1.03. The van der Waals surface area contributed by atoms with Crippen molar-refractivity contribution in [3.05, 3.63) is 156 Å². The van der Waals surface area contributed by atoms with Gasteiger partial charge >= 0.3 is 0 Å². The first kappa shape index (κ1) is 30.4. The number of ether oxygens (including phenoxy) is 2. The smallest absolute Gasteiger partial charge is 0.258 e. The molecule has 0 radical (unpaired) electrons. The second-order valence-electron chi connectivity index (χ2n) is 11.5. The van der Waals surface area contributed by atoms with Gasteiger partial charge in [-0.2, -0.15) is 0 Å². The number of hydrogen-bond donors (Lipinski definition) is 0. The molecule has 7 rings (SSSR count). The van der Waals surface area contributed by atoms with Crippen LogP contribution in [-0.2, 0) is 24.6 Å². The first-order valence-corrected chi connectivity index (χ1v) is 15.4. The van der Waals surface area contributed by atoms with Crippen LogP contribution in [0.25, 0.3) is 11.1 Å². The van der Waals surface area contributed by atoms with E-state index in [9.17, 15) is 19.2 Å². The predicted molar refractivity (Wildman–Crippen MR) is 183 cm³/mol. The van der Waals surface area contributed by atoms with Crippen LogP contribution in [0.1, 0.15) is 27.8 Å². The number of benzene rings is 4. The molecule has 0 N–H and O–H groups in total. The highest BCUT2D eigenvalue weighted by Gasteiger charge is 2.48. The average molecular weight is 635 g/mol. The Kier molecular flexibility index (Phi) is 7.48. The third-order valence-electron chi connectivity index (χ3n) is 8.87. The predicted octanol–water partition coefficient (Wildman–Crippen LogP) is 6.35. The minimum absolute atomic E-state index is 0.160. The number of carbonyl (C=O) groups excluding carboxylic acids is 4. The van der Waals surface area contributed by atoms with Gasteiger partial charge in [-0.1, -0.05) is 79.9 Å². The summed E-state index contributed by atoms with van der Waals surface area (Å²) < 4.78 is 11.9. The Balaban J connectivity index is 1.57. The van der Waals surface area contributed by atoms with Gasteiger partial charge in [0, 0.05) is 24.3 Å². The molecule has 0 saturated carbocycles. The van der Waals surface area contributed by atoms with E-state index in [0.717, 1.165) is 48.7 Å². The van der Waals surface area contributed by atoms with Gasteiger partial charge in [-0.3, -0.25) is 19.2 Å². The monoisotopic (exact) mass is 634 g/mol. The van der Waals surface area contributed by atoms with Crippen LogP contribution < -0.4 is 19.3 Å². The number of fused-ring (bicyclic) bond motifs is 3. The Morgan fingerprint density at radius 1 is 0.625 bits per heavy atom. The van der Waals surface area contributed by atoms with Gasteiger partial charge in [-0.15, -0.1) is 0 Å². The molecule has 0 saturated heterocycles. The van der Waals surface area contributed by atoms with E-state index in [2.05, 4.69) is 44.3 Å². The highest BCUT2D eigenvalue weighted by molar-refractivity contribution is 6.29. The van der Waals surface area contributed by atoms with Crippen molar-refractivity contribution in [2.45, 2.75) is 12.3 Å². The first-order chi connectivity index (χ1) is 23.3. The van der Waals surface area contributed by atoms with E-state index < -0.39 is 29.0 Å². The van der Waals surface area contributed by atoms with Gasteiger partial charge in [0.2, 0.25) is 0 Å². The van der Waals surface area contributed by atoms with E-state index in [1.807, 2.05) is 42.5 Å². The van der Waals surface area contributed by atoms with Crippen LogP contribution >= 0.6 is 0 Å². The Hall–Kier alpha value is -6.28. The third kappa shape index (κ3) is 4.52. The molecule has 0 aromatic heterocycles. The second-order valence-corrected chi connectivity index (χ2v) is 11.5. The third-order valence-corrected chi connectivity index (χ3v) is 8.87. The molecular formula is C40H30N2O6. The summed E-state index contributed by atoms with van der Waals surface area (Å²) in [5.74, 6) is -1.26. The van der Waals surface area contributed by atoms with Gasteiger partial charge in [0.1, 0.15) is 24.7 Å². The van der Waals surface area contributed by atoms with Crippen LogP contribution in [0.5, 0.6) is 11.5 Å². The lowest BCUT2D eigenvalue weighted by Gasteiger charge is -2.35. The fourth-order valence-electron chi connectivity index (χ4n) is 6.97. The lowest BCUT2D eigenvalue weighted by Crippen LogP contribution is -2.33. The number of amides is 4. The lowest BCUT2D eigenvalue weighted by atomic mass is 9.67. The van der Waals surface area contributed by atoms with Crippen LogP contribution in [0.4, 0.5) is 11.4 Å². The maximum Gasteiger partial charge on any atom is 0.258 e. The summed E-state index contributed by atoms with van der Waals surface area (Å²) in [4.78, 5) is 54.4. The van der Waals surface area contributed by atoms with Crippen LogP contribution in [0.3, 0.4) is 0 Å².